The number of halogens is 3. The van der Waals surface area contributed by atoms with Gasteiger partial charge in [-0.1, -0.05) is 11.6 Å². The van der Waals surface area contributed by atoms with Crippen LogP contribution in [0.15, 0.2) is 39.4 Å². The van der Waals surface area contributed by atoms with Gasteiger partial charge in [-0.15, -0.1) is 0 Å². The van der Waals surface area contributed by atoms with Gasteiger partial charge >= 0.3 is 0 Å². The van der Waals surface area contributed by atoms with Gasteiger partial charge in [0.25, 0.3) is 0 Å². The zero-order chi connectivity index (χ0) is 13.8. The van der Waals surface area contributed by atoms with Crippen LogP contribution in [0.4, 0.5) is 5.69 Å². The molecule has 1 N–H and O–H groups in total. The first-order chi connectivity index (χ1) is 9.10. The Morgan fingerprint density at radius 1 is 1.32 bits per heavy atom. The molecular formula is C13H11Br2ClN2O. The van der Waals surface area contributed by atoms with Crippen molar-refractivity contribution in [1.82, 2.24) is 4.98 Å². The summed E-state index contributed by atoms with van der Waals surface area (Å²) in [5, 5.41) is 3.84. The molecule has 0 bridgehead atoms. The van der Waals surface area contributed by atoms with Gasteiger partial charge in [-0.05, 0) is 56.1 Å². The van der Waals surface area contributed by atoms with Crippen LogP contribution in [0.3, 0.4) is 0 Å². The minimum absolute atomic E-state index is 0.579. The predicted octanol–water partition coefficient (Wildman–Crippen LogP) is 4.88. The lowest BCUT2D eigenvalue weighted by molar-refractivity contribution is 0.415. The standard InChI is InChI=1S/C13H11Br2ClN2O/c1-19-13-3-2-9(5-11(13)16)17-7-12-10(15)4-8(14)6-18-12/h2-6,17H,7H2,1H3. The summed E-state index contributed by atoms with van der Waals surface area (Å²) in [6.45, 7) is 0.608. The SMILES string of the molecule is COc1ccc(NCc2ncc(Br)cc2Br)cc1Cl. The van der Waals surface area contributed by atoms with Gasteiger partial charge in [0.1, 0.15) is 5.75 Å². The highest BCUT2D eigenvalue weighted by atomic mass is 79.9. The van der Waals surface area contributed by atoms with Crippen molar-refractivity contribution in [1.29, 1.82) is 0 Å². The maximum absolute atomic E-state index is 6.07. The average molecular weight is 407 g/mol. The summed E-state index contributed by atoms with van der Waals surface area (Å²) in [5.41, 5.74) is 1.84. The Morgan fingerprint density at radius 2 is 2.11 bits per heavy atom. The first kappa shape index (κ1) is 14.6. The fourth-order valence-electron chi connectivity index (χ4n) is 1.54. The number of aromatic nitrogens is 1. The molecule has 1 heterocycles. The van der Waals surface area contributed by atoms with Crippen LogP contribution < -0.4 is 10.1 Å². The van der Waals surface area contributed by atoms with E-state index in [0.29, 0.717) is 17.3 Å². The number of ether oxygens (including phenoxy) is 1. The second-order valence-corrected chi connectivity index (χ2v) is 5.96. The van der Waals surface area contributed by atoms with E-state index in [-0.39, 0.29) is 0 Å². The number of hydrogen-bond acceptors (Lipinski definition) is 3. The summed E-state index contributed by atoms with van der Waals surface area (Å²) < 4.78 is 7.00. The highest BCUT2D eigenvalue weighted by Crippen LogP contribution is 2.28. The molecule has 19 heavy (non-hydrogen) atoms. The van der Waals surface area contributed by atoms with Gasteiger partial charge in [-0.3, -0.25) is 4.98 Å². The summed E-state index contributed by atoms with van der Waals surface area (Å²) in [4.78, 5) is 4.34. The lowest BCUT2D eigenvalue weighted by Gasteiger charge is -2.09. The first-order valence-corrected chi connectivity index (χ1v) is 7.44. The largest absolute Gasteiger partial charge is 0.495 e. The number of nitrogens with zero attached hydrogens (tertiary/aromatic N) is 1. The molecule has 0 amide bonds. The molecule has 3 nitrogen and oxygen atoms in total. The zero-order valence-corrected chi connectivity index (χ0v) is 14.0. The van der Waals surface area contributed by atoms with Crippen LogP contribution in [0.2, 0.25) is 5.02 Å². The Hall–Kier alpha value is -0.780. The molecule has 0 aliphatic heterocycles. The van der Waals surface area contributed by atoms with Crippen LogP contribution in [0.25, 0.3) is 0 Å². The monoisotopic (exact) mass is 404 g/mol. The molecule has 0 aliphatic rings. The lowest BCUT2D eigenvalue weighted by atomic mass is 10.3. The van der Waals surface area contributed by atoms with E-state index in [0.717, 1.165) is 20.3 Å². The summed E-state index contributed by atoms with van der Waals surface area (Å²) in [7, 11) is 1.59. The Labute approximate surface area is 133 Å². The predicted molar refractivity (Wildman–Crippen MR) is 85.0 cm³/mol. The lowest BCUT2D eigenvalue weighted by Crippen LogP contribution is -2.02. The van der Waals surface area contributed by atoms with E-state index in [2.05, 4.69) is 42.2 Å². The molecule has 1 aromatic heterocycles. The van der Waals surface area contributed by atoms with Crippen molar-refractivity contribution >= 4 is 49.1 Å². The summed E-state index contributed by atoms with van der Waals surface area (Å²) >= 11 is 12.9. The number of benzene rings is 1. The minimum Gasteiger partial charge on any atom is -0.495 e. The van der Waals surface area contributed by atoms with Crippen molar-refractivity contribution in [3.8, 4) is 5.75 Å². The third-order valence-electron chi connectivity index (χ3n) is 2.50. The molecule has 0 saturated carbocycles. The summed E-state index contributed by atoms with van der Waals surface area (Å²) in [6.07, 6.45) is 1.77. The topological polar surface area (TPSA) is 34.1 Å². The Balaban J connectivity index is 2.08. The quantitative estimate of drug-likeness (QED) is 0.786. The summed E-state index contributed by atoms with van der Waals surface area (Å²) in [5.74, 6) is 0.662. The minimum atomic E-state index is 0.579. The zero-order valence-electron chi connectivity index (χ0n) is 10.1. The van der Waals surface area contributed by atoms with Crippen molar-refractivity contribution in [3.63, 3.8) is 0 Å². The number of anilines is 1. The van der Waals surface area contributed by atoms with Crippen molar-refractivity contribution in [2.75, 3.05) is 12.4 Å². The average Bonchev–Trinajstić information content (AvgIpc) is 2.38. The molecule has 0 aliphatic carbocycles. The Morgan fingerprint density at radius 3 is 2.74 bits per heavy atom. The van der Waals surface area contributed by atoms with Gasteiger partial charge in [-0.25, -0.2) is 0 Å². The third kappa shape index (κ3) is 3.84. The molecule has 0 saturated heterocycles. The number of nitrogens with one attached hydrogen (secondary N) is 1. The highest BCUT2D eigenvalue weighted by Gasteiger charge is 2.04. The second kappa shape index (κ2) is 6.59. The maximum atomic E-state index is 6.07. The van der Waals surface area contributed by atoms with Crippen molar-refractivity contribution < 1.29 is 4.74 Å². The van der Waals surface area contributed by atoms with Gasteiger partial charge < -0.3 is 10.1 Å². The Kier molecular flexibility index (Phi) is 5.07. The van der Waals surface area contributed by atoms with Gasteiger partial charge in [0.05, 0.1) is 24.4 Å². The van der Waals surface area contributed by atoms with E-state index in [1.54, 1.807) is 13.3 Å². The van der Waals surface area contributed by atoms with Gasteiger partial charge in [0, 0.05) is 20.8 Å². The van der Waals surface area contributed by atoms with Crippen molar-refractivity contribution in [2.45, 2.75) is 6.54 Å². The molecule has 0 atom stereocenters. The molecule has 6 heteroatoms. The molecule has 0 spiro atoms. The van der Waals surface area contributed by atoms with Gasteiger partial charge in [0.15, 0.2) is 0 Å². The van der Waals surface area contributed by atoms with Gasteiger partial charge in [0.2, 0.25) is 0 Å². The van der Waals surface area contributed by atoms with E-state index in [1.165, 1.54) is 0 Å². The normalized spacial score (nSPS) is 10.3. The van der Waals surface area contributed by atoms with Crippen LogP contribution in [-0.4, -0.2) is 12.1 Å². The molecule has 0 unspecified atom stereocenters. The van der Waals surface area contributed by atoms with E-state index in [1.807, 2.05) is 24.3 Å². The smallest absolute Gasteiger partial charge is 0.137 e. The molecule has 2 aromatic rings. The number of rotatable bonds is 4. The second-order valence-electron chi connectivity index (χ2n) is 3.78. The third-order valence-corrected chi connectivity index (χ3v) is 3.91. The van der Waals surface area contributed by atoms with E-state index >= 15 is 0 Å². The first-order valence-electron chi connectivity index (χ1n) is 5.47. The fraction of sp³-hybridized carbons (Fsp3) is 0.154. The maximum Gasteiger partial charge on any atom is 0.137 e. The Bertz CT molecular complexity index is 593. The summed E-state index contributed by atoms with van der Waals surface area (Å²) in [6, 6.07) is 7.53. The van der Waals surface area contributed by atoms with Crippen LogP contribution in [0, 0.1) is 0 Å². The molecule has 1 aromatic carbocycles. The fourth-order valence-corrected chi connectivity index (χ4v) is 2.92. The van der Waals surface area contributed by atoms with E-state index in [4.69, 9.17) is 16.3 Å². The van der Waals surface area contributed by atoms with Crippen LogP contribution in [0.5, 0.6) is 5.75 Å². The highest BCUT2D eigenvalue weighted by molar-refractivity contribution is 9.11. The molecule has 2 rings (SSSR count). The molecular weight excluding hydrogens is 395 g/mol. The van der Waals surface area contributed by atoms with E-state index in [9.17, 15) is 0 Å². The number of hydrogen-bond donors (Lipinski definition) is 1. The molecule has 0 radical (unpaired) electrons. The van der Waals surface area contributed by atoms with E-state index < -0.39 is 0 Å². The molecule has 100 valence electrons. The number of methoxy groups -OCH3 is 1. The van der Waals surface area contributed by atoms with Gasteiger partial charge in [-0.2, -0.15) is 0 Å². The van der Waals surface area contributed by atoms with Crippen LogP contribution in [0.1, 0.15) is 5.69 Å². The van der Waals surface area contributed by atoms with Crippen LogP contribution in [-0.2, 0) is 6.54 Å². The number of pyridine rings is 1. The van der Waals surface area contributed by atoms with Crippen molar-refractivity contribution in [3.05, 3.63) is 50.1 Å². The van der Waals surface area contributed by atoms with Crippen molar-refractivity contribution in [2.24, 2.45) is 0 Å². The molecule has 0 fully saturated rings. The van der Waals surface area contributed by atoms with Crippen LogP contribution >= 0.6 is 43.5 Å².